The summed E-state index contributed by atoms with van der Waals surface area (Å²) in [5.74, 6) is 1.24. The zero-order valence-corrected chi connectivity index (χ0v) is 11.9. The molecule has 0 aliphatic heterocycles. The number of nitrogens with two attached hydrogens (primary N) is 1. The summed E-state index contributed by atoms with van der Waals surface area (Å²) in [6.45, 7) is 6.00. The molecule has 1 rings (SSSR count). The largest absolute Gasteiger partial charge is 0.493 e. The third-order valence-electron chi connectivity index (χ3n) is 2.94. The van der Waals surface area contributed by atoms with E-state index in [1.165, 1.54) is 0 Å². The van der Waals surface area contributed by atoms with E-state index in [0.717, 1.165) is 0 Å². The summed E-state index contributed by atoms with van der Waals surface area (Å²) in [6.07, 6.45) is 0. The fourth-order valence-corrected chi connectivity index (χ4v) is 1.41. The maximum atomic E-state index is 11.7. The smallest absolute Gasteiger partial charge is 0.258 e. The number of amides is 1. The van der Waals surface area contributed by atoms with Gasteiger partial charge >= 0.3 is 0 Å². The highest BCUT2D eigenvalue weighted by molar-refractivity contribution is 5.78. The number of nitrogen functional groups attached to an aromatic ring is 1. The van der Waals surface area contributed by atoms with E-state index in [9.17, 15) is 4.79 Å². The maximum absolute atomic E-state index is 11.7. The number of rotatable bonds is 6. The van der Waals surface area contributed by atoms with Crippen molar-refractivity contribution in [2.75, 3.05) is 19.5 Å². The molecule has 106 valence electrons. The Labute approximate surface area is 114 Å². The summed E-state index contributed by atoms with van der Waals surface area (Å²) in [6, 6.07) is 5.17. The highest BCUT2D eigenvalue weighted by Crippen LogP contribution is 2.28. The molecule has 0 heterocycles. The van der Waals surface area contributed by atoms with Crippen LogP contribution < -0.4 is 20.5 Å². The second kappa shape index (κ2) is 6.87. The first-order chi connectivity index (χ1) is 8.93. The lowest BCUT2D eigenvalue weighted by Crippen LogP contribution is -2.38. The second-order valence-electron chi connectivity index (χ2n) is 4.80. The molecule has 1 atom stereocenters. The summed E-state index contributed by atoms with van der Waals surface area (Å²) >= 11 is 0. The Bertz CT molecular complexity index is 433. The lowest BCUT2D eigenvalue weighted by atomic mass is 10.1. The van der Waals surface area contributed by atoms with Crippen molar-refractivity contribution in [2.45, 2.75) is 26.8 Å². The van der Waals surface area contributed by atoms with E-state index >= 15 is 0 Å². The Hall–Kier alpha value is -1.91. The van der Waals surface area contributed by atoms with Crippen molar-refractivity contribution in [1.82, 2.24) is 5.32 Å². The standard InChI is InChI=1S/C14H22N2O3/c1-9(2)10(3)16-14(17)8-19-13-7-11(15)5-6-12(13)18-4/h5-7,9-10H,8,15H2,1-4H3,(H,16,17). The molecule has 0 saturated carbocycles. The number of carbonyl (C=O) groups excluding carboxylic acids is 1. The van der Waals surface area contributed by atoms with E-state index < -0.39 is 0 Å². The van der Waals surface area contributed by atoms with Crippen LogP contribution in [0.25, 0.3) is 0 Å². The van der Waals surface area contributed by atoms with Gasteiger partial charge in [0.05, 0.1) is 7.11 Å². The van der Waals surface area contributed by atoms with Crippen molar-refractivity contribution in [3.63, 3.8) is 0 Å². The average Bonchev–Trinajstić information content (AvgIpc) is 2.36. The molecule has 19 heavy (non-hydrogen) atoms. The minimum Gasteiger partial charge on any atom is -0.493 e. The quantitative estimate of drug-likeness (QED) is 0.770. The summed E-state index contributed by atoms with van der Waals surface area (Å²) in [5.41, 5.74) is 6.23. The number of hydrogen-bond donors (Lipinski definition) is 2. The Kier molecular flexibility index (Phi) is 5.48. The fraction of sp³-hybridized carbons (Fsp3) is 0.500. The van der Waals surface area contributed by atoms with Crippen molar-refractivity contribution >= 4 is 11.6 Å². The van der Waals surface area contributed by atoms with Gasteiger partial charge in [0.25, 0.3) is 5.91 Å². The lowest BCUT2D eigenvalue weighted by Gasteiger charge is -2.18. The molecule has 5 nitrogen and oxygen atoms in total. The van der Waals surface area contributed by atoms with Gasteiger partial charge in [0.15, 0.2) is 18.1 Å². The molecular weight excluding hydrogens is 244 g/mol. The predicted octanol–water partition coefficient (Wildman–Crippen LogP) is 1.82. The Morgan fingerprint density at radius 3 is 2.58 bits per heavy atom. The molecule has 0 saturated heterocycles. The van der Waals surface area contributed by atoms with Crippen molar-refractivity contribution in [2.24, 2.45) is 5.92 Å². The van der Waals surface area contributed by atoms with Crippen molar-refractivity contribution in [3.8, 4) is 11.5 Å². The second-order valence-corrected chi connectivity index (χ2v) is 4.80. The van der Waals surface area contributed by atoms with Crippen LogP contribution in [-0.4, -0.2) is 25.7 Å². The van der Waals surface area contributed by atoms with Crippen LogP contribution in [0.2, 0.25) is 0 Å². The van der Waals surface area contributed by atoms with Gasteiger partial charge in [-0.15, -0.1) is 0 Å². The molecule has 0 spiro atoms. The highest BCUT2D eigenvalue weighted by Gasteiger charge is 2.12. The normalized spacial score (nSPS) is 12.1. The molecule has 0 aliphatic carbocycles. The van der Waals surface area contributed by atoms with Crippen LogP contribution in [0.5, 0.6) is 11.5 Å². The van der Waals surface area contributed by atoms with E-state index in [-0.39, 0.29) is 18.6 Å². The van der Waals surface area contributed by atoms with Gasteiger partial charge in [-0.2, -0.15) is 0 Å². The van der Waals surface area contributed by atoms with E-state index in [4.69, 9.17) is 15.2 Å². The molecule has 1 amide bonds. The van der Waals surface area contributed by atoms with Gasteiger partial charge in [0.1, 0.15) is 0 Å². The van der Waals surface area contributed by atoms with E-state index in [0.29, 0.717) is 23.1 Å². The Morgan fingerprint density at radius 1 is 1.32 bits per heavy atom. The van der Waals surface area contributed by atoms with Crippen LogP contribution in [0.4, 0.5) is 5.69 Å². The van der Waals surface area contributed by atoms with Gasteiger partial charge in [-0.05, 0) is 25.0 Å². The first-order valence-electron chi connectivity index (χ1n) is 6.29. The van der Waals surface area contributed by atoms with Crippen LogP contribution in [0, 0.1) is 5.92 Å². The average molecular weight is 266 g/mol. The predicted molar refractivity (Wildman–Crippen MR) is 75.3 cm³/mol. The third kappa shape index (κ3) is 4.69. The molecule has 1 unspecified atom stereocenters. The Morgan fingerprint density at radius 2 is 2.00 bits per heavy atom. The number of ether oxygens (including phenoxy) is 2. The van der Waals surface area contributed by atoms with Gasteiger partial charge in [-0.3, -0.25) is 4.79 Å². The Balaban J connectivity index is 2.57. The monoisotopic (exact) mass is 266 g/mol. The van der Waals surface area contributed by atoms with Crippen molar-refractivity contribution in [1.29, 1.82) is 0 Å². The zero-order valence-electron chi connectivity index (χ0n) is 11.9. The van der Waals surface area contributed by atoms with Crippen LogP contribution in [0.3, 0.4) is 0 Å². The molecule has 0 aromatic heterocycles. The number of benzene rings is 1. The van der Waals surface area contributed by atoms with Gasteiger partial charge < -0.3 is 20.5 Å². The van der Waals surface area contributed by atoms with E-state index in [2.05, 4.69) is 5.32 Å². The number of hydrogen-bond acceptors (Lipinski definition) is 4. The molecule has 1 aromatic carbocycles. The van der Waals surface area contributed by atoms with Gasteiger partial charge in [-0.25, -0.2) is 0 Å². The molecule has 3 N–H and O–H groups in total. The summed E-state index contributed by atoms with van der Waals surface area (Å²) < 4.78 is 10.6. The molecule has 0 fully saturated rings. The lowest BCUT2D eigenvalue weighted by molar-refractivity contribution is -0.124. The molecule has 0 radical (unpaired) electrons. The molecule has 0 aliphatic rings. The van der Waals surface area contributed by atoms with E-state index in [1.54, 1.807) is 25.3 Å². The first-order valence-corrected chi connectivity index (χ1v) is 6.29. The summed E-state index contributed by atoms with van der Waals surface area (Å²) in [5, 5.41) is 2.87. The van der Waals surface area contributed by atoms with E-state index in [1.807, 2.05) is 20.8 Å². The van der Waals surface area contributed by atoms with Gasteiger partial charge in [0.2, 0.25) is 0 Å². The third-order valence-corrected chi connectivity index (χ3v) is 2.94. The minimum atomic E-state index is -0.161. The number of nitrogens with one attached hydrogen (secondary N) is 1. The van der Waals surface area contributed by atoms with Crippen LogP contribution >= 0.6 is 0 Å². The number of anilines is 1. The number of carbonyl (C=O) groups is 1. The van der Waals surface area contributed by atoms with Crippen LogP contribution in [-0.2, 0) is 4.79 Å². The van der Waals surface area contributed by atoms with Gasteiger partial charge in [0, 0.05) is 17.8 Å². The molecular formula is C14H22N2O3. The fourth-order valence-electron chi connectivity index (χ4n) is 1.41. The topological polar surface area (TPSA) is 73.6 Å². The zero-order chi connectivity index (χ0) is 14.4. The van der Waals surface area contributed by atoms with Gasteiger partial charge in [-0.1, -0.05) is 13.8 Å². The van der Waals surface area contributed by atoms with Crippen LogP contribution in [0.1, 0.15) is 20.8 Å². The highest BCUT2D eigenvalue weighted by atomic mass is 16.5. The van der Waals surface area contributed by atoms with Crippen LogP contribution in [0.15, 0.2) is 18.2 Å². The molecule has 1 aromatic rings. The minimum absolute atomic E-state index is 0.0587. The SMILES string of the molecule is COc1ccc(N)cc1OCC(=O)NC(C)C(C)C. The number of methoxy groups -OCH3 is 1. The summed E-state index contributed by atoms with van der Waals surface area (Å²) in [4.78, 5) is 11.7. The van der Waals surface area contributed by atoms with Crippen molar-refractivity contribution in [3.05, 3.63) is 18.2 Å². The van der Waals surface area contributed by atoms with Crippen molar-refractivity contribution < 1.29 is 14.3 Å². The maximum Gasteiger partial charge on any atom is 0.258 e. The first kappa shape index (κ1) is 15.1. The molecule has 0 bridgehead atoms. The molecule has 5 heteroatoms. The summed E-state index contributed by atoms with van der Waals surface area (Å²) in [7, 11) is 1.54.